The number of methoxy groups -OCH3 is 1. The van der Waals surface area contributed by atoms with Crippen molar-refractivity contribution in [3.05, 3.63) is 101 Å². The summed E-state index contributed by atoms with van der Waals surface area (Å²) >= 11 is 0. The number of amides is 2. The van der Waals surface area contributed by atoms with E-state index >= 15 is 0 Å². The number of ether oxygens (including phenoxy) is 1. The van der Waals surface area contributed by atoms with Crippen molar-refractivity contribution in [3.63, 3.8) is 0 Å². The molecule has 1 aliphatic rings. The van der Waals surface area contributed by atoms with Crippen LogP contribution in [0.25, 0.3) is 5.57 Å². The van der Waals surface area contributed by atoms with E-state index in [1.54, 1.807) is 7.11 Å². The Morgan fingerprint density at radius 1 is 0.844 bits per heavy atom. The van der Waals surface area contributed by atoms with Crippen LogP contribution in [0.15, 0.2) is 78.5 Å². The first-order chi connectivity index (χ1) is 15.5. The predicted octanol–water partition coefficient (Wildman–Crippen LogP) is 4.75. The summed E-state index contributed by atoms with van der Waals surface area (Å²) in [5, 5.41) is 3.20. The summed E-state index contributed by atoms with van der Waals surface area (Å²) in [5.41, 5.74) is 5.45. The highest BCUT2D eigenvalue weighted by atomic mass is 16.5. The number of hydrogen-bond acceptors (Lipinski definition) is 4. The van der Waals surface area contributed by atoms with Crippen LogP contribution in [0.4, 0.5) is 5.69 Å². The van der Waals surface area contributed by atoms with Gasteiger partial charge in [-0.05, 0) is 66.8 Å². The molecule has 3 aromatic carbocycles. The van der Waals surface area contributed by atoms with Crippen molar-refractivity contribution in [2.45, 2.75) is 20.3 Å². The Balaban J connectivity index is 1.68. The standard InChI is InChI=1S/C27H26N2O3/c1-18-9-10-21(17-19(18)2)24-25(28-22-11-13-23(32-3)14-12-22)27(31)29(26(24)30)16-15-20-7-5-4-6-8-20/h4-14,17,28H,15-16H2,1-3H3. The smallest absolute Gasteiger partial charge is 0.278 e. The number of anilines is 1. The van der Waals surface area contributed by atoms with Gasteiger partial charge in [0.1, 0.15) is 11.4 Å². The third-order valence-corrected chi connectivity index (χ3v) is 5.79. The molecule has 1 aliphatic heterocycles. The molecule has 0 saturated carbocycles. The minimum absolute atomic E-state index is 0.273. The molecule has 0 unspecified atom stereocenters. The second kappa shape index (κ2) is 9.10. The van der Waals surface area contributed by atoms with Crippen LogP contribution in [0.5, 0.6) is 5.75 Å². The summed E-state index contributed by atoms with van der Waals surface area (Å²) in [6.45, 7) is 4.35. The summed E-state index contributed by atoms with van der Waals surface area (Å²) in [5.74, 6) is 0.136. The van der Waals surface area contributed by atoms with Gasteiger partial charge in [-0.1, -0.05) is 48.5 Å². The summed E-state index contributed by atoms with van der Waals surface area (Å²) in [7, 11) is 1.60. The van der Waals surface area contributed by atoms with E-state index in [0.29, 0.717) is 29.9 Å². The monoisotopic (exact) mass is 426 g/mol. The number of hydrogen-bond donors (Lipinski definition) is 1. The summed E-state index contributed by atoms with van der Waals surface area (Å²) < 4.78 is 5.21. The molecule has 4 rings (SSSR count). The van der Waals surface area contributed by atoms with Crippen molar-refractivity contribution in [1.29, 1.82) is 0 Å². The van der Waals surface area contributed by atoms with Crippen LogP contribution in [0.2, 0.25) is 0 Å². The van der Waals surface area contributed by atoms with Crippen molar-refractivity contribution in [3.8, 4) is 5.75 Å². The maximum absolute atomic E-state index is 13.4. The molecule has 0 saturated heterocycles. The van der Waals surface area contributed by atoms with E-state index in [1.807, 2.05) is 86.6 Å². The maximum Gasteiger partial charge on any atom is 0.278 e. The van der Waals surface area contributed by atoms with Gasteiger partial charge in [0.2, 0.25) is 0 Å². The van der Waals surface area contributed by atoms with E-state index in [0.717, 1.165) is 28.0 Å². The number of aryl methyl sites for hydroxylation is 2. The largest absolute Gasteiger partial charge is 0.497 e. The van der Waals surface area contributed by atoms with Gasteiger partial charge in [-0.15, -0.1) is 0 Å². The highest BCUT2D eigenvalue weighted by Crippen LogP contribution is 2.32. The molecule has 0 radical (unpaired) electrons. The second-order valence-electron chi connectivity index (χ2n) is 7.90. The zero-order chi connectivity index (χ0) is 22.7. The molecule has 1 heterocycles. The number of imide groups is 1. The zero-order valence-electron chi connectivity index (χ0n) is 18.5. The molecule has 162 valence electrons. The molecule has 2 amide bonds. The van der Waals surface area contributed by atoms with E-state index in [4.69, 9.17) is 4.74 Å². The number of carbonyl (C=O) groups is 2. The first-order valence-electron chi connectivity index (χ1n) is 10.6. The van der Waals surface area contributed by atoms with Crippen molar-refractivity contribution in [2.75, 3.05) is 19.0 Å². The van der Waals surface area contributed by atoms with E-state index in [9.17, 15) is 9.59 Å². The number of nitrogens with one attached hydrogen (secondary N) is 1. The van der Waals surface area contributed by atoms with Crippen LogP contribution in [-0.4, -0.2) is 30.4 Å². The highest BCUT2D eigenvalue weighted by Gasteiger charge is 2.39. The number of carbonyl (C=O) groups excluding carboxylic acids is 2. The molecule has 5 heteroatoms. The molecule has 3 aromatic rings. The molecule has 5 nitrogen and oxygen atoms in total. The normalized spacial score (nSPS) is 13.7. The van der Waals surface area contributed by atoms with Crippen molar-refractivity contribution in [2.24, 2.45) is 0 Å². The number of rotatable bonds is 7. The lowest BCUT2D eigenvalue weighted by Gasteiger charge is -2.15. The number of nitrogens with zero attached hydrogens (tertiary/aromatic N) is 1. The van der Waals surface area contributed by atoms with Crippen molar-refractivity contribution in [1.82, 2.24) is 4.90 Å². The molecular formula is C27H26N2O3. The van der Waals surface area contributed by atoms with E-state index in [2.05, 4.69) is 5.32 Å². The van der Waals surface area contributed by atoms with Crippen LogP contribution >= 0.6 is 0 Å². The van der Waals surface area contributed by atoms with Crippen LogP contribution < -0.4 is 10.1 Å². The fourth-order valence-electron chi connectivity index (χ4n) is 3.76. The third kappa shape index (κ3) is 4.28. The summed E-state index contributed by atoms with van der Waals surface area (Å²) in [6, 6.07) is 23.0. The average Bonchev–Trinajstić information content (AvgIpc) is 3.04. The Kier molecular flexibility index (Phi) is 6.08. The average molecular weight is 427 g/mol. The first-order valence-corrected chi connectivity index (χ1v) is 10.6. The van der Waals surface area contributed by atoms with Gasteiger partial charge in [-0.25, -0.2) is 0 Å². The molecule has 0 atom stereocenters. The maximum atomic E-state index is 13.4. The summed E-state index contributed by atoms with van der Waals surface area (Å²) in [6.07, 6.45) is 0.605. The predicted molar refractivity (Wildman–Crippen MR) is 126 cm³/mol. The van der Waals surface area contributed by atoms with E-state index in [1.165, 1.54) is 4.90 Å². The van der Waals surface area contributed by atoms with E-state index < -0.39 is 0 Å². The molecule has 0 bridgehead atoms. The molecule has 0 spiro atoms. The summed E-state index contributed by atoms with van der Waals surface area (Å²) in [4.78, 5) is 28.1. The Bertz CT molecular complexity index is 1180. The Hall–Kier alpha value is -3.86. The van der Waals surface area contributed by atoms with Crippen LogP contribution in [0.3, 0.4) is 0 Å². The molecular weight excluding hydrogens is 400 g/mol. The lowest BCUT2D eigenvalue weighted by atomic mass is 9.99. The fraction of sp³-hybridized carbons (Fsp3) is 0.185. The molecule has 1 N–H and O–H groups in total. The molecule has 32 heavy (non-hydrogen) atoms. The van der Waals surface area contributed by atoms with Gasteiger partial charge in [0.05, 0.1) is 12.7 Å². The van der Waals surface area contributed by atoms with Crippen molar-refractivity contribution >= 4 is 23.1 Å². The lowest BCUT2D eigenvalue weighted by molar-refractivity contribution is -0.136. The van der Waals surface area contributed by atoms with Gasteiger partial charge < -0.3 is 10.1 Å². The third-order valence-electron chi connectivity index (χ3n) is 5.79. The minimum Gasteiger partial charge on any atom is -0.497 e. The van der Waals surface area contributed by atoms with Gasteiger partial charge in [0, 0.05) is 12.2 Å². The Morgan fingerprint density at radius 2 is 1.56 bits per heavy atom. The highest BCUT2D eigenvalue weighted by molar-refractivity contribution is 6.36. The fourth-order valence-corrected chi connectivity index (χ4v) is 3.76. The Labute approximate surface area is 188 Å². The molecule has 0 aromatic heterocycles. The zero-order valence-corrected chi connectivity index (χ0v) is 18.5. The quantitative estimate of drug-likeness (QED) is 0.554. The molecule has 0 aliphatic carbocycles. The molecule has 0 fully saturated rings. The van der Waals surface area contributed by atoms with Crippen molar-refractivity contribution < 1.29 is 14.3 Å². The SMILES string of the molecule is COc1ccc(NC2=C(c3ccc(C)c(C)c3)C(=O)N(CCc3ccccc3)C2=O)cc1. The van der Waals surface area contributed by atoms with Crippen LogP contribution in [0, 0.1) is 13.8 Å². The van der Waals surface area contributed by atoms with Crippen LogP contribution in [-0.2, 0) is 16.0 Å². The Morgan fingerprint density at radius 3 is 2.22 bits per heavy atom. The second-order valence-corrected chi connectivity index (χ2v) is 7.90. The lowest BCUT2D eigenvalue weighted by Crippen LogP contribution is -2.34. The van der Waals surface area contributed by atoms with E-state index in [-0.39, 0.29) is 11.8 Å². The van der Waals surface area contributed by atoms with Gasteiger partial charge in [-0.3, -0.25) is 14.5 Å². The van der Waals surface area contributed by atoms with Gasteiger partial charge in [-0.2, -0.15) is 0 Å². The minimum atomic E-state index is -0.310. The first kappa shape index (κ1) is 21.4. The number of benzene rings is 3. The van der Waals surface area contributed by atoms with Gasteiger partial charge in [0.25, 0.3) is 11.8 Å². The van der Waals surface area contributed by atoms with Gasteiger partial charge >= 0.3 is 0 Å². The van der Waals surface area contributed by atoms with Crippen LogP contribution in [0.1, 0.15) is 22.3 Å². The van der Waals surface area contributed by atoms with Gasteiger partial charge in [0.15, 0.2) is 0 Å². The topological polar surface area (TPSA) is 58.6 Å².